The molecule has 25 heavy (non-hydrogen) atoms. The highest BCUT2D eigenvalue weighted by molar-refractivity contribution is 6.05. The second-order valence-corrected chi connectivity index (χ2v) is 5.05. The van der Waals surface area contributed by atoms with Gasteiger partial charge in [0.2, 0.25) is 0 Å². The van der Waals surface area contributed by atoms with Crippen LogP contribution in [0.4, 0.5) is 10.1 Å². The van der Waals surface area contributed by atoms with Crippen molar-refractivity contribution in [3.05, 3.63) is 66.0 Å². The third kappa shape index (κ3) is 3.45. The van der Waals surface area contributed by atoms with E-state index in [1.807, 2.05) is 6.07 Å². The van der Waals surface area contributed by atoms with Crippen LogP contribution in [0.3, 0.4) is 0 Å². The number of nitrogens with zero attached hydrogens (tertiary/aromatic N) is 4. The summed E-state index contributed by atoms with van der Waals surface area (Å²) in [4.78, 5) is 12.4. The summed E-state index contributed by atoms with van der Waals surface area (Å²) in [5, 5.41) is 19.0. The average Bonchev–Trinajstić information content (AvgIpc) is 3.15. The monoisotopic (exact) mass is 337 g/mol. The fourth-order valence-corrected chi connectivity index (χ4v) is 2.27. The van der Waals surface area contributed by atoms with Crippen LogP contribution in [0.25, 0.3) is 5.69 Å². The molecule has 0 spiro atoms. The van der Waals surface area contributed by atoms with Crippen LogP contribution in [0.15, 0.2) is 49.1 Å². The predicted octanol–water partition coefficient (Wildman–Crippen LogP) is 2.54. The normalized spacial score (nSPS) is 10.1. The Balaban J connectivity index is 1.94. The maximum atomic E-state index is 13.5. The molecule has 0 fully saturated rings. The summed E-state index contributed by atoms with van der Waals surface area (Å²) < 4.78 is 20.4. The summed E-state index contributed by atoms with van der Waals surface area (Å²) in [6.45, 7) is 0. The van der Waals surface area contributed by atoms with Crippen LogP contribution >= 0.6 is 0 Å². The van der Waals surface area contributed by atoms with Crippen LogP contribution in [-0.4, -0.2) is 27.8 Å². The Kier molecular flexibility index (Phi) is 4.39. The molecule has 2 aromatic carbocycles. The molecule has 0 aliphatic heterocycles. The number of nitrogens with one attached hydrogen (secondary N) is 1. The fraction of sp³-hybridized carbons (Fsp3) is 0.0588. The molecule has 0 aliphatic carbocycles. The zero-order valence-corrected chi connectivity index (χ0v) is 13.1. The number of carbonyl (C=O) groups is 1. The number of hydrogen-bond donors (Lipinski definition) is 1. The number of benzene rings is 2. The van der Waals surface area contributed by atoms with Crippen LogP contribution < -0.4 is 10.1 Å². The summed E-state index contributed by atoms with van der Waals surface area (Å²) in [7, 11) is 1.47. The van der Waals surface area contributed by atoms with Gasteiger partial charge in [0.15, 0.2) is 0 Å². The Bertz CT molecular complexity index is 964. The van der Waals surface area contributed by atoms with E-state index in [4.69, 9.17) is 10.00 Å². The molecule has 1 amide bonds. The third-order valence-corrected chi connectivity index (χ3v) is 3.44. The van der Waals surface area contributed by atoms with Crippen molar-refractivity contribution in [3.8, 4) is 17.5 Å². The molecule has 1 heterocycles. The minimum Gasteiger partial charge on any atom is -0.495 e. The molecule has 8 heteroatoms. The van der Waals surface area contributed by atoms with Crippen molar-refractivity contribution < 1.29 is 13.9 Å². The zero-order chi connectivity index (χ0) is 17.8. The maximum Gasteiger partial charge on any atom is 0.255 e. The minimum absolute atomic E-state index is 0.0355. The first-order chi connectivity index (χ1) is 12.1. The lowest BCUT2D eigenvalue weighted by Crippen LogP contribution is -2.13. The number of rotatable bonds is 4. The SMILES string of the molecule is COc1ccc(-n2cnnc2)cc1NC(=O)c1cc(F)cc(C#N)c1. The van der Waals surface area contributed by atoms with Gasteiger partial charge in [-0.05, 0) is 36.4 Å². The predicted molar refractivity (Wildman–Crippen MR) is 87.0 cm³/mol. The molecule has 0 bridgehead atoms. The summed E-state index contributed by atoms with van der Waals surface area (Å²) >= 11 is 0. The molecule has 7 nitrogen and oxygen atoms in total. The van der Waals surface area contributed by atoms with Crippen molar-refractivity contribution in [2.75, 3.05) is 12.4 Å². The minimum atomic E-state index is -0.658. The molecular weight excluding hydrogens is 325 g/mol. The number of halogens is 1. The zero-order valence-electron chi connectivity index (χ0n) is 13.1. The molecule has 0 saturated carbocycles. The van der Waals surface area contributed by atoms with Gasteiger partial charge in [-0.3, -0.25) is 9.36 Å². The number of amides is 1. The molecule has 3 rings (SSSR count). The quantitative estimate of drug-likeness (QED) is 0.790. The summed E-state index contributed by atoms with van der Waals surface area (Å²) in [5.41, 5.74) is 1.20. The van der Waals surface area contributed by atoms with Gasteiger partial charge in [-0.15, -0.1) is 10.2 Å². The molecule has 0 aliphatic rings. The molecule has 3 aromatic rings. The van der Waals surface area contributed by atoms with Crippen molar-refractivity contribution in [1.82, 2.24) is 14.8 Å². The topological polar surface area (TPSA) is 92.8 Å². The van der Waals surface area contributed by atoms with Crippen molar-refractivity contribution in [2.24, 2.45) is 0 Å². The van der Waals surface area contributed by atoms with Gasteiger partial charge in [0.05, 0.1) is 30.1 Å². The summed E-state index contributed by atoms with van der Waals surface area (Å²) in [5.74, 6) is -0.785. The van der Waals surface area contributed by atoms with Crippen LogP contribution in [0.1, 0.15) is 15.9 Å². The molecule has 0 atom stereocenters. The van der Waals surface area contributed by atoms with Crippen LogP contribution in [0.2, 0.25) is 0 Å². The van der Waals surface area contributed by atoms with E-state index in [0.29, 0.717) is 17.1 Å². The summed E-state index contributed by atoms with van der Waals surface area (Å²) in [6.07, 6.45) is 3.03. The van der Waals surface area contributed by atoms with Gasteiger partial charge >= 0.3 is 0 Å². The first-order valence-corrected chi connectivity index (χ1v) is 7.16. The average molecular weight is 337 g/mol. The van der Waals surface area contributed by atoms with Crippen molar-refractivity contribution in [1.29, 1.82) is 5.26 Å². The molecule has 0 radical (unpaired) electrons. The second kappa shape index (κ2) is 6.80. The van der Waals surface area contributed by atoms with Gasteiger partial charge in [0, 0.05) is 5.56 Å². The van der Waals surface area contributed by atoms with Crippen molar-refractivity contribution >= 4 is 11.6 Å². The van der Waals surface area contributed by atoms with E-state index in [0.717, 1.165) is 12.1 Å². The van der Waals surface area contributed by atoms with Gasteiger partial charge in [0.25, 0.3) is 5.91 Å². The van der Waals surface area contributed by atoms with E-state index >= 15 is 0 Å². The second-order valence-electron chi connectivity index (χ2n) is 5.05. The third-order valence-electron chi connectivity index (χ3n) is 3.44. The molecule has 1 aromatic heterocycles. The Morgan fingerprint density at radius 2 is 2.00 bits per heavy atom. The largest absolute Gasteiger partial charge is 0.495 e. The Labute approximate surface area is 142 Å². The highest BCUT2D eigenvalue weighted by Crippen LogP contribution is 2.27. The summed E-state index contributed by atoms with van der Waals surface area (Å²) in [6, 6.07) is 10.4. The Morgan fingerprint density at radius 1 is 1.24 bits per heavy atom. The Morgan fingerprint density at radius 3 is 2.68 bits per heavy atom. The number of carbonyl (C=O) groups excluding carboxylic acids is 1. The number of methoxy groups -OCH3 is 1. The standard InChI is InChI=1S/C17H12FN5O2/c1-25-16-3-2-14(23-9-20-21-10-23)7-15(16)22-17(24)12-4-11(8-19)5-13(18)6-12/h2-7,9-10H,1H3,(H,22,24). The first-order valence-electron chi connectivity index (χ1n) is 7.16. The van der Waals surface area contributed by atoms with Crippen LogP contribution in [-0.2, 0) is 0 Å². The molecule has 124 valence electrons. The highest BCUT2D eigenvalue weighted by atomic mass is 19.1. The highest BCUT2D eigenvalue weighted by Gasteiger charge is 2.13. The van der Waals surface area contributed by atoms with Crippen LogP contribution in [0.5, 0.6) is 5.75 Å². The lowest BCUT2D eigenvalue weighted by atomic mass is 10.1. The van der Waals surface area contributed by atoms with Gasteiger partial charge in [-0.25, -0.2) is 4.39 Å². The van der Waals surface area contributed by atoms with Crippen LogP contribution in [0, 0.1) is 17.1 Å². The van der Waals surface area contributed by atoms with E-state index < -0.39 is 11.7 Å². The first kappa shape index (κ1) is 16.1. The van der Waals surface area contributed by atoms with E-state index in [2.05, 4.69) is 15.5 Å². The van der Waals surface area contributed by atoms with Gasteiger partial charge < -0.3 is 10.1 Å². The van der Waals surface area contributed by atoms with E-state index in [9.17, 15) is 9.18 Å². The fourth-order valence-electron chi connectivity index (χ4n) is 2.27. The number of aromatic nitrogens is 3. The van der Waals surface area contributed by atoms with Crippen molar-refractivity contribution in [3.63, 3.8) is 0 Å². The Hall–Kier alpha value is -3.73. The number of nitriles is 1. The van der Waals surface area contributed by atoms with Gasteiger partial charge in [0.1, 0.15) is 24.2 Å². The molecule has 0 unspecified atom stereocenters. The maximum absolute atomic E-state index is 13.5. The van der Waals surface area contributed by atoms with E-state index in [1.165, 1.54) is 25.8 Å². The lowest BCUT2D eigenvalue weighted by molar-refractivity contribution is 0.102. The smallest absolute Gasteiger partial charge is 0.255 e. The van der Waals surface area contributed by atoms with Crippen molar-refractivity contribution in [2.45, 2.75) is 0 Å². The lowest BCUT2D eigenvalue weighted by Gasteiger charge is -2.12. The van der Waals surface area contributed by atoms with Gasteiger partial charge in [-0.2, -0.15) is 5.26 Å². The number of anilines is 1. The molecule has 0 saturated heterocycles. The van der Waals surface area contributed by atoms with E-state index in [1.54, 1.807) is 22.8 Å². The number of hydrogen-bond acceptors (Lipinski definition) is 5. The molecular formula is C17H12FN5O2. The van der Waals surface area contributed by atoms with Gasteiger partial charge in [-0.1, -0.05) is 0 Å². The van der Waals surface area contributed by atoms with E-state index in [-0.39, 0.29) is 11.1 Å². The molecule has 1 N–H and O–H groups in total. The number of ether oxygens (including phenoxy) is 1.